The molecule has 0 aromatic carbocycles. The van der Waals surface area contributed by atoms with Gasteiger partial charge in [-0.2, -0.15) is 13.2 Å². The summed E-state index contributed by atoms with van der Waals surface area (Å²) in [6, 6.07) is 0. The minimum Gasteiger partial charge on any atom is -0.481 e. The van der Waals surface area contributed by atoms with Gasteiger partial charge in [0.15, 0.2) is 0 Å². The third-order valence-corrected chi connectivity index (χ3v) is 3.51. The molecule has 0 aliphatic carbocycles. The standard InChI is InChI=1S/C13H22F3NO3/c1-4-7-17(9-13(14,15)16)10(18)8-12(5-2,6-3)11(19)20/h4-9H2,1-3H3,(H,19,20). The third kappa shape index (κ3) is 5.38. The maximum Gasteiger partial charge on any atom is 0.406 e. The number of alkyl halides is 3. The van der Waals surface area contributed by atoms with E-state index in [9.17, 15) is 27.9 Å². The summed E-state index contributed by atoms with van der Waals surface area (Å²) in [6.45, 7) is 3.56. The first-order valence-corrected chi connectivity index (χ1v) is 6.69. The van der Waals surface area contributed by atoms with Gasteiger partial charge in [-0.3, -0.25) is 9.59 Å². The Morgan fingerprint density at radius 2 is 1.60 bits per heavy atom. The summed E-state index contributed by atoms with van der Waals surface area (Å²) in [5.74, 6) is -1.89. The number of hydrogen-bond acceptors (Lipinski definition) is 2. The highest BCUT2D eigenvalue weighted by molar-refractivity contribution is 5.85. The van der Waals surface area contributed by atoms with Crippen LogP contribution in [-0.4, -0.2) is 41.1 Å². The maximum absolute atomic E-state index is 12.4. The summed E-state index contributed by atoms with van der Waals surface area (Å²) in [5, 5.41) is 9.22. The largest absolute Gasteiger partial charge is 0.481 e. The van der Waals surface area contributed by atoms with Crippen LogP contribution in [-0.2, 0) is 9.59 Å². The fourth-order valence-corrected chi connectivity index (χ4v) is 2.06. The molecular weight excluding hydrogens is 275 g/mol. The van der Waals surface area contributed by atoms with E-state index < -0.39 is 36.4 Å². The van der Waals surface area contributed by atoms with Gasteiger partial charge in [0, 0.05) is 13.0 Å². The molecule has 20 heavy (non-hydrogen) atoms. The van der Waals surface area contributed by atoms with Crippen molar-refractivity contribution in [1.29, 1.82) is 0 Å². The van der Waals surface area contributed by atoms with Crippen LogP contribution in [0.5, 0.6) is 0 Å². The number of nitrogens with zero attached hydrogens (tertiary/aromatic N) is 1. The van der Waals surface area contributed by atoms with Crippen LogP contribution in [0.25, 0.3) is 0 Å². The van der Waals surface area contributed by atoms with E-state index in [0.29, 0.717) is 11.3 Å². The quantitative estimate of drug-likeness (QED) is 0.749. The minimum atomic E-state index is -4.48. The zero-order valence-corrected chi connectivity index (χ0v) is 12.1. The lowest BCUT2D eigenvalue weighted by molar-refractivity contribution is -0.165. The molecule has 0 atom stereocenters. The molecule has 0 rings (SSSR count). The first-order valence-electron chi connectivity index (χ1n) is 6.69. The summed E-state index contributed by atoms with van der Waals surface area (Å²) in [5.41, 5.74) is -1.28. The Labute approximate surface area is 116 Å². The second-order valence-corrected chi connectivity index (χ2v) is 4.90. The lowest BCUT2D eigenvalue weighted by Gasteiger charge is -2.30. The molecule has 0 bridgehead atoms. The molecule has 0 aromatic heterocycles. The Hall–Kier alpha value is -1.27. The minimum absolute atomic E-state index is 0.0263. The second kappa shape index (κ2) is 7.50. The summed E-state index contributed by atoms with van der Waals surface area (Å²) in [4.78, 5) is 24.0. The van der Waals surface area contributed by atoms with Crippen molar-refractivity contribution in [2.24, 2.45) is 5.41 Å². The zero-order chi connectivity index (χ0) is 16.0. The van der Waals surface area contributed by atoms with Crippen molar-refractivity contribution in [2.45, 2.75) is 52.6 Å². The van der Waals surface area contributed by atoms with E-state index in [1.54, 1.807) is 20.8 Å². The number of hydrogen-bond donors (Lipinski definition) is 1. The van der Waals surface area contributed by atoms with Crippen LogP contribution in [0.2, 0.25) is 0 Å². The number of carboxylic acids is 1. The van der Waals surface area contributed by atoms with Gasteiger partial charge in [0.2, 0.25) is 5.91 Å². The number of aliphatic carboxylic acids is 1. The predicted molar refractivity (Wildman–Crippen MR) is 68.2 cm³/mol. The Balaban J connectivity index is 5.03. The summed E-state index contributed by atoms with van der Waals surface area (Å²) >= 11 is 0. The van der Waals surface area contributed by atoms with Crippen molar-refractivity contribution < 1.29 is 27.9 Å². The number of halogens is 3. The van der Waals surface area contributed by atoms with Gasteiger partial charge < -0.3 is 10.0 Å². The van der Waals surface area contributed by atoms with Crippen LogP contribution in [0.15, 0.2) is 0 Å². The third-order valence-electron chi connectivity index (χ3n) is 3.51. The molecule has 0 spiro atoms. The van der Waals surface area contributed by atoms with Gasteiger partial charge in [-0.05, 0) is 19.3 Å². The Morgan fingerprint density at radius 1 is 1.10 bits per heavy atom. The predicted octanol–water partition coefficient (Wildman–Crippen LogP) is 3.07. The number of carbonyl (C=O) groups is 2. The molecule has 118 valence electrons. The molecule has 0 fully saturated rings. The smallest absolute Gasteiger partial charge is 0.406 e. The average molecular weight is 297 g/mol. The Morgan fingerprint density at radius 3 is 1.90 bits per heavy atom. The second-order valence-electron chi connectivity index (χ2n) is 4.90. The fraction of sp³-hybridized carbons (Fsp3) is 0.846. The van der Waals surface area contributed by atoms with Gasteiger partial charge in [-0.25, -0.2) is 0 Å². The van der Waals surface area contributed by atoms with Crippen molar-refractivity contribution >= 4 is 11.9 Å². The van der Waals surface area contributed by atoms with Crippen LogP contribution in [0.4, 0.5) is 13.2 Å². The lowest BCUT2D eigenvalue weighted by Crippen LogP contribution is -2.43. The van der Waals surface area contributed by atoms with E-state index in [1.165, 1.54) is 0 Å². The molecule has 0 aliphatic rings. The van der Waals surface area contributed by atoms with Crippen molar-refractivity contribution in [1.82, 2.24) is 4.90 Å². The van der Waals surface area contributed by atoms with Crippen molar-refractivity contribution in [2.75, 3.05) is 13.1 Å². The van der Waals surface area contributed by atoms with Crippen LogP contribution >= 0.6 is 0 Å². The summed E-state index contributed by atoms with van der Waals surface area (Å²) in [7, 11) is 0. The molecule has 0 aliphatic heterocycles. The summed E-state index contributed by atoms with van der Waals surface area (Å²) in [6.07, 6.45) is -4.08. The van der Waals surface area contributed by atoms with Crippen molar-refractivity contribution in [3.05, 3.63) is 0 Å². The van der Waals surface area contributed by atoms with E-state index in [-0.39, 0.29) is 19.4 Å². The normalized spacial score (nSPS) is 12.3. The molecule has 1 N–H and O–H groups in total. The van der Waals surface area contributed by atoms with E-state index in [0.717, 1.165) is 0 Å². The molecule has 1 amide bonds. The van der Waals surface area contributed by atoms with Crippen LogP contribution in [0, 0.1) is 5.41 Å². The fourth-order valence-electron chi connectivity index (χ4n) is 2.06. The van der Waals surface area contributed by atoms with Crippen LogP contribution < -0.4 is 0 Å². The average Bonchev–Trinajstić information content (AvgIpc) is 2.33. The van der Waals surface area contributed by atoms with E-state index in [1.807, 2.05) is 0 Å². The first-order chi connectivity index (χ1) is 9.11. The Kier molecular flexibility index (Phi) is 7.02. The summed E-state index contributed by atoms with van der Waals surface area (Å²) < 4.78 is 37.3. The Bertz CT molecular complexity index is 338. The molecule has 0 saturated carbocycles. The molecule has 0 radical (unpaired) electrons. The number of rotatable bonds is 8. The van der Waals surface area contributed by atoms with Gasteiger partial charge in [-0.1, -0.05) is 20.8 Å². The van der Waals surface area contributed by atoms with Crippen LogP contribution in [0.3, 0.4) is 0 Å². The van der Waals surface area contributed by atoms with Crippen LogP contribution in [0.1, 0.15) is 46.5 Å². The SMILES string of the molecule is CCCN(CC(F)(F)F)C(=O)CC(CC)(CC)C(=O)O. The zero-order valence-electron chi connectivity index (χ0n) is 12.1. The molecule has 0 heterocycles. The lowest BCUT2D eigenvalue weighted by atomic mass is 9.79. The molecule has 0 aromatic rings. The molecule has 0 saturated heterocycles. The van der Waals surface area contributed by atoms with Gasteiger partial charge in [0.1, 0.15) is 6.54 Å². The van der Waals surface area contributed by atoms with E-state index in [2.05, 4.69) is 0 Å². The highest BCUT2D eigenvalue weighted by Gasteiger charge is 2.40. The van der Waals surface area contributed by atoms with Crippen molar-refractivity contribution in [3.63, 3.8) is 0 Å². The van der Waals surface area contributed by atoms with Gasteiger partial charge >= 0.3 is 12.1 Å². The highest BCUT2D eigenvalue weighted by Crippen LogP contribution is 2.32. The number of carboxylic acid groups (broad SMARTS) is 1. The molecular formula is C13H22F3NO3. The van der Waals surface area contributed by atoms with Crippen molar-refractivity contribution in [3.8, 4) is 0 Å². The molecule has 4 nitrogen and oxygen atoms in total. The van der Waals surface area contributed by atoms with Gasteiger partial charge in [-0.15, -0.1) is 0 Å². The van der Waals surface area contributed by atoms with Gasteiger partial charge in [0.05, 0.1) is 5.41 Å². The highest BCUT2D eigenvalue weighted by atomic mass is 19.4. The van der Waals surface area contributed by atoms with Gasteiger partial charge in [0.25, 0.3) is 0 Å². The molecule has 7 heteroatoms. The molecule has 0 unspecified atom stereocenters. The van der Waals surface area contributed by atoms with E-state index in [4.69, 9.17) is 0 Å². The monoisotopic (exact) mass is 297 g/mol. The first kappa shape index (κ1) is 18.7. The topological polar surface area (TPSA) is 57.6 Å². The maximum atomic E-state index is 12.4. The van der Waals surface area contributed by atoms with E-state index >= 15 is 0 Å². The number of carbonyl (C=O) groups excluding carboxylic acids is 1. The number of amides is 1.